The fourth-order valence-corrected chi connectivity index (χ4v) is 8.35. The van der Waals surface area contributed by atoms with Gasteiger partial charge in [0.25, 0.3) is 5.91 Å². The Bertz CT molecular complexity index is 2220. The molecule has 62 heavy (non-hydrogen) atoms. The summed E-state index contributed by atoms with van der Waals surface area (Å²) in [5, 5.41) is 6.19. The number of fused-ring (bicyclic) bond motifs is 6. The lowest BCUT2D eigenvalue weighted by atomic mass is 9.85. The summed E-state index contributed by atoms with van der Waals surface area (Å²) in [6.45, 7) is 15.4. The second-order valence-corrected chi connectivity index (χ2v) is 18.4. The van der Waals surface area contributed by atoms with E-state index < -0.39 is 65.7 Å². The van der Waals surface area contributed by atoms with Gasteiger partial charge in [0.2, 0.25) is 0 Å². The SMILES string of the molecule is C=C(/C=N\C(=C\c1c2c3cc(c(F)cc3n1CC(F)(F)F)-c1csc(n1)C[C@H](NC(=O)OC(C)(C)C)C(=O)N1CCC[C@H](N1)C(=O)OCC(C)(C)C2)[C@H](C)OC)N1CCOCC1. The summed E-state index contributed by atoms with van der Waals surface area (Å²) >= 11 is 1.12. The first kappa shape index (κ1) is 46.6. The lowest BCUT2D eigenvalue weighted by Crippen LogP contribution is -2.60. The van der Waals surface area contributed by atoms with Crippen LogP contribution in [0, 0.1) is 11.2 Å². The van der Waals surface area contributed by atoms with Crippen molar-refractivity contribution in [1.29, 1.82) is 0 Å². The van der Waals surface area contributed by atoms with Gasteiger partial charge in [-0.1, -0.05) is 20.4 Å². The number of thiazole rings is 1. The normalized spacial score (nSPS) is 21.2. The van der Waals surface area contributed by atoms with E-state index in [4.69, 9.17) is 18.9 Å². The number of esters is 1. The van der Waals surface area contributed by atoms with Crippen molar-refractivity contribution in [3.8, 4) is 11.3 Å². The number of allylic oxidation sites excluding steroid dienone is 1. The van der Waals surface area contributed by atoms with E-state index in [-0.39, 0.29) is 54.2 Å². The van der Waals surface area contributed by atoms with Crippen molar-refractivity contribution in [3.63, 3.8) is 0 Å². The van der Waals surface area contributed by atoms with Crippen LogP contribution in [0.4, 0.5) is 22.4 Å². The number of aromatic nitrogens is 2. The fourth-order valence-electron chi connectivity index (χ4n) is 7.51. The first-order valence-corrected chi connectivity index (χ1v) is 21.4. The topological polar surface area (TPSA) is 149 Å². The van der Waals surface area contributed by atoms with E-state index >= 15 is 4.39 Å². The molecule has 2 aromatic heterocycles. The maximum atomic E-state index is 16.5. The van der Waals surface area contributed by atoms with Gasteiger partial charge >= 0.3 is 18.2 Å². The summed E-state index contributed by atoms with van der Waals surface area (Å²) in [4.78, 5) is 52.0. The van der Waals surface area contributed by atoms with Crippen molar-refractivity contribution in [2.24, 2.45) is 10.4 Å². The summed E-state index contributed by atoms with van der Waals surface area (Å²) < 4.78 is 83.7. The monoisotopic (exact) mass is 889 g/mol. The number of carbonyl (C=O) groups is 3. The molecule has 6 bridgehead atoms. The summed E-state index contributed by atoms with van der Waals surface area (Å²) in [6, 6.07) is 0.447. The van der Waals surface area contributed by atoms with E-state index in [1.54, 1.807) is 39.3 Å². The van der Waals surface area contributed by atoms with Gasteiger partial charge in [0.15, 0.2) is 0 Å². The van der Waals surface area contributed by atoms with E-state index in [1.807, 2.05) is 18.7 Å². The molecule has 0 radical (unpaired) electrons. The Morgan fingerprint density at radius 3 is 2.60 bits per heavy atom. The number of cyclic esters (lactones) is 1. The number of amides is 2. The molecule has 0 aliphatic carbocycles. The Kier molecular flexibility index (Phi) is 14.2. The summed E-state index contributed by atoms with van der Waals surface area (Å²) in [7, 11) is 1.46. The van der Waals surface area contributed by atoms with Gasteiger partial charge in [-0.2, -0.15) is 13.2 Å². The molecular weight excluding hydrogens is 835 g/mol. The molecule has 5 heterocycles. The summed E-state index contributed by atoms with van der Waals surface area (Å²) in [6.07, 6.45) is -2.41. The van der Waals surface area contributed by atoms with Crippen LogP contribution in [0.5, 0.6) is 0 Å². The largest absolute Gasteiger partial charge is 0.464 e. The highest BCUT2D eigenvalue weighted by Crippen LogP contribution is 2.39. The van der Waals surface area contributed by atoms with Crippen molar-refractivity contribution >= 4 is 52.5 Å². The third kappa shape index (κ3) is 11.6. The number of hydrogen-bond acceptors (Lipinski definition) is 12. The number of nitrogens with zero attached hydrogens (tertiary/aromatic N) is 5. The maximum absolute atomic E-state index is 16.5. The number of alkyl carbamates (subject to hydrolysis) is 1. The van der Waals surface area contributed by atoms with Crippen LogP contribution in [0.3, 0.4) is 0 Å². The third-order valence-electron chi connectivity index (χ3n) is 10.7. The molecule has 3 atom stereocenters. The Morgan fingerprint density at radius 2 is 1.92 bits per heavy atom. The molecule has 338 valence electrons. The quantitative estimate of drug-likeness (QED) is 0.140. The van der Waals surface area contributed by atoms with Crippen LogP contribution in [-0.2, 0) is 47.9 Å². The summed E-state index contributed by atoms with van der Waals surface area (Å²) in [5.41, 5.74) is 2.81. The first-order chi connectivity index (χ1) is 29.1. The van der Waals surface area contributed by atoms with Crippen LogP contribution < -0.4 is 10.7 Å². The lowest BCUT2D eigenvalue weighted by molar-refractivity contribution is -0.155. The minimum absolute atomic E-state index is 0.0140. The van der Waals surface area contributed by atoms with Gasteiger partial charge in [0.1, 0.15) is 30.0 Å². The summed E-state index contributed by atoms with van der Waals surface area (Å²) in [5.74, 6) is -2.01. The molecule has 1 aromatic carbocycles. The Labute approximate surface area is 362 Å². The van der Waals surface area contributed by atoms with E-state index in [0.29, 0.717) is 60.8 Å². The fraction of sp³-hybridized carbons (Fsp3) is 0.558. The molecule has 0 spiro atoms. The smallest absolute Gasteiger partial charge is 0.408 e. The Morgan fingerprint density at radius 1 is 1.19 bits per heavy atom. The van der Waals surface area contributed by atoms with E-state index in [9.17, 15) is 27.6 Å². The second-order valence-electron chi connectivity index (χ2n) is 17.5. The van der Waals surface area contributed by atoms with Crippen molar-refractivity contribution < 1.29 is 50.9 Å². The zero-order valence-electron chi connectivity index (χ0n) is 36.1. The van der Waals surface area contributed by atoms with Gasteiger partial charge in [-0.05, 0) is 70.7 Å². The Balaban J connectivity index is 1.52. The second kappa shape index (κ2) is 18.9. The molecule has 14 nitrogen and oxygen atoms in total. The number of nitrogens with one attached hydrogen (secondary N) is 2. The Hall–Kier alpha value is -4.85. The molecule has 3 aromatic rings. The molecule has 3 aliphatic heterocycles. The molecule has 6 rings (SSSR count). The van der Waals surface area contributed by atoms with Crippen LogP contribution >= 0.6 is 11.3 Å². The van der Waals surface area contributed by atoms with Crippen LogP contribution in [0.1, 0.15) is 70.6 Å². The molecule has 2 fully saturated rings. The highest BCUT2D eigenvalue weighted by atomic mass is 32.1. The number of carbonyl (C=O) groups excluding carboxylic acids is 3. The van der Waals surface area contributed by atoms with Gasteiger partial charge < -0.3 is 33.7 Å². The zero-order valence-corrected chi connectivity index (χ0v) is 36.9. The third-order valence-corrected chi connectivity index (χ3v) is 11.5. The van der Waals surface area contributed by atoms with Crippen LogP contribution in [0.25, 0.3) is 28.2 Å². The number of hydrazine groups is 1. The standard InChI is InChI=1S/C43H55F4N7O7S/c1-25(52-12-14-59-15-13-52)21-48-32(26(2)58-8)18-36-29-20-42(6,7)24-60-39(56)31-10-9-11-54(51-31)38(55)33(50-40(57)61-41(3,4)5)19-37-49-34(22-62-37)28-16-27(29)35(17-30(28)44)53(36)23-43(45,46)47/h16-18,21-22,26,31,33,51H,1,9-15,19-20,23-24H2,2-8H3,(H,50,57)/b32-18+,48-21-/t26-,31-,33-/m0/s1. The van der Waals surface area contributed by atoms with E-state index in [1.165, 1.54) is 24.3 Å². The zero-order chi connectivity index (χ0) is 45.1. The molecule has 2 N–H and O–H groups in total. The first-order valence-electron chi connectivity index (χ1n) is 20.5. The minimum atomic E-state index is -4.72. The predicted octanol–water partition coefficient (Wildman–Crippen LogP) is 6.82. The van der Waals surface area contributed by atoms with E-state index in [0.717, 1.165) is 22.0 Å². The van der Waals surface area contributed by atoms with Gasteiger partial charge in [0.05, 0.1) is 47.8 Å². The number of hydrogen-bond donors (Lipinski definition) is 2. The molecule has 2 saturated heterocycles. The molecule has 3 aliphatic rings. The molecular formula is C43H55F4N7O7S. The van der Waals surface area contributed by atoms with Gasteiger partial charge in [0, 0.05) is 72.5 Å². The molecule has 2 amide bonds. The van der Waals surface area contributed by atoms with Crippen molar-refractivity contribution in [2.45, 2.75) is 104 Å². The maximum Gasteiger partial charge on any atom is 0.408 e. The average molecular weight is 890 g/mol. The number of morpholine rings is 1. The number of methoxy groups -OCH3 is 1. The van der Waals surface area contributed by atoms with Crippen molar-refractivity contribution in [2.75, 3.05) is 46.6 Å². The number of ether oxygens (including phenoxy) is 4. The molecule has 0 unspecified atom stereocenters. The van der Waals surface area contributed by atoms with Crippen molar-refractivity contribution in [1.82, 2.24) is 30.2 Å². The number of rotatable bonds is 8. The number of halogens is 4. The minimum Gasteiger partial charge on any atom is -0.464 e. The van der Waals surface area contributed by atoms with Crippen molar-refractivity contribution in [3.05, 3.63) is 57.6 Å². The van der Waals surface area contributed by atoms with Crippen LogP contribution in [-0.4, -0.2) is 120 Å². The average Bonchev–Trinajstić information content (AvgIpc) is 3.77. The van der Waals surface area contributed by atoms with E-state index in [2.05, 4.69) is 27.3 Å². The van der Waals surface area contributed by atoms with Crippen LogP contribution in [0.15, 0.2) is 40.5 Å². The van der Waals surface area contributed by atoms with Crippen LogP contribution in [0.2, 0.25) is 0 Å². The highest BCUT2D eigenvalue weighted by molar-refractivity contribution is 7.10. The highest BCUT2D eigenvalue weighted by Gasteiger charge is 2.37. The molecule has 19 heteroatoms. The predicted molar refractivity (Wildman–Crippen MR) is 227 cm³/mol. The van der Waals surface area contributed by atoms with Gasteiger partial charge in [-0.15, -0.1) is 11.3 Å². The number of alkyl halides is 3. The van der Waals surface area contributed by atoms with Gasteiger partial charge in [-0.25, -0.2) is 19.6 Å². The number of benzene rings is 1. The lowest BCUT2D eigenvalue weighted by Gasteiger charge is -2.35. The van der Waals surface area contributed by atoms with Gasteiger partial charge in [-0.3, -0.25) is 19.6 Å². The molecule has 0 saturated carbocycles. The number of aliphatic imine (C=N–C) groups is 1.